The molecule has 3 aromatic rings. The van der Waals surface area contributed by atoms with E-state index in [0.29, 0.717) is 30.0 Å². The van der Waals surface area contributed by atoms with Gasteiger partial charge in [-0.25, -0.2) is 9.37 Å². The lowest BCUT2D eigenvalue weighted by Crippen LogP contribution is -2.33. The summed E-state index contributed by atoms with van der Waals surface area (Å²) in [7, 11) is 1.60. The van der Waals surface area contributed by atoms with Gasteiger partial charge in [-0.2, -0.15) is 0 Å². The van der Waals surface area contributed by atoms with E-state index in [1.807, 2.05) is 6.07 Å². The van der Waals surface area contributed by atoms with E-state index in [0.717, 1.165) is 48.1 Å². The Morgan fingerprint density at radius 2 is 1.97 bits per heavy atom. The molecule has 31 heavy (non-hydrogen) atoms. The third-order valence-electron chi connectivity index (χ3n) is 6.95. The number of aromatic nitrogens is 2. The maximum absolute atomic E-state index is 14.0. The Hall–Kier alpha value is -2.48. The number of aromatic amines is 1. The Morgan fingerprint density at radius 1 is 1.19 bits per heavy atom. The fourth-order valence-electron chi connectivity index (χ4n) is 5.55. The fraction of sp³-hybridized carbons (Fsp3) is 0.458. The first-order chi connectivity index (χ1) is 15.1. The van der Waals surface area contributed by atoms with Crippen molar-refractivity contribution in [2.24, 2.45) is 11.8 Å². The molecular formula is C24H28FN3O3. The fourth-order valence-corrected chi connectivity index (χ4v) is 5.55. The molecule has 0 amide bonds. The maximum atomic E-state index is 14.0. The number of likely N-dealkylation sites (tertiary alicyclic amines) is 1. The predicted octanol–water partition coefficient (Wildman–Crippen LogP) is 3.16. The second-order valence-electron chi connectivity index (χ2n) is 8.93. The molecule has 0 spiro atoms. The molecule has 2 unspecified atom stereocenters. The van der Waals surface area contributed by atoms with E-state index < -0.39 is 6.10 Å². The van der Waals surface area contributed by atoms with Crippen LogP contribution in [0.5, 0.6) is 5.75 Å². The van der Waals surface area contributed by atoms with Crippen LogP contribution in [0.15, 0.2) is 36.5 Å². The van der Waals surface area contributed by atoms with Crippen LogP contribution in [0.3, 0.4) is 0 Å². The van der Waals surface area contributed by atoms with Crippen molar-refractivity contribution in [1.29, 1.82) is 0 Å². The number of benzene rings is 1. The number of hydrogen-bond donors (Lipinski definition) is 3. The number of nitrogens with one attached hydrogen (secondary N) is 1. The molecule has 3 heterocycles. The number of H-pyrrole nitrogens is 1. The van der Waals surface area contributed by atoms with Gasteiger partial charge in [-0.15, -0.1) is 0 Å². The van der Waals surface area contributed by atoms with Crippen LogP contribution in [0.4, 0.5) is 4.39 Å². The molecule has 0 bridgehead atoms. The van der Waals surface area contributed by atoms with Gasteiger partial charge in [-0.05, 0) is 66.5 Å². The molecular weight excluding hydrogens is 397 g/mol. The van der Waals surface area contributed by atoms with Gasteiger partial charge in [0.15, 0.2) is 0 Å². The molecule has 1 aliphatic heterocycles. The molecule has 2 fully saturated rings. The van der Waals surface area contributed by atoms with Crippen LogP contribution in [0.1, 0.15) is 24.5 Å². The summed E-state index contributed by atoms with van der Waals surface area (Å²) in [5.41, 5.74) is 3.62. The molecule has 1 aromatic carbocycles. The van der Waals surface area contributed by atoms with Gasteiger partial charge >= 0.3 is 0 Å². The topological polar surface area (TPSA) is 81.6 Å². The predicted molar refractivity (Wildman–Crippen MR) is 117 cm³/mol. The third-order valence-corrected chi connectivity index (χ3v) is 6.95. The summed E-state index contributed by atoms with van der Waals surface area (Å²) in [6.45, 7) is 2.31. The summed E-state index contributed by atoms with van der Waals surface area (Å²) < 4.78 is 19.4. The van der Waals surface area contributed by atoms with Gasteiger partial charge in [0.1, 0.15) is 17.2 Å². The Labute approximate surface area is 180 Å². The molecule has 2 aromatic heterocycles. The number of pyridine rings is 1. The molecule has 7 heteroatoms. The number of halogens is 1. The van der Waals surface area contributed by atoms with Gasteiger partial charge in [-0.1, -0.05) is 0 Å². The van der Waals surface area contributed by atoms with E-state index in [1.165, 1.54) is 17.8 Å². The van der Waals surface area contributed by atoms with Crippen molar-refractivity contribution in [3.8, 4) is 16.9 Å². The van der Waals surface area contributed by atoms with Gasteiger partial charge in [0, 0.05) is 42.5 Å². The zero-order valence-corrected chi connectivity index (χ0v) is 17.6. The van der Waals surface area contributed by atoms with Crippen molar-refractivity contribution < 1.29 is 19.3 Å². The number of fused-ring (bicyclic) bond motifs is 2. The summed E-state index contributed by atoms with van der Waals surface area (Å²) in [4.78, 5) is 10.3. The lowest BCUT2D eigenvalue weighted by atomic mass is 9.99. The second-order valence-corrected chi connectivity index (χ2v) is 8.93. The van der Waals surface area contributed by atoms with Gasteiger partial charge < -0.3 is 24.8 Å². The maximum Gasteiger partial charge on any atom is 0.138 e. The number of methoxy groups -OCH3 is 1. The number of nitrogens with zero attached hydrogens (tertiary/aromatic N) is 2. The number of rotatable bonds is 6. The zero-order valence-electron chi connectivity index (χ0n) is 17.6. The van der Waals surface area contributed by atoms with Crippen LogP contribution in [-0.2, 0) is 0 Å². The highest BCUT2D eigenvalue weighted by Crippen LogP contribution is 2.47. The second kappa shape index (κ2) is 8.22. The van der Waals surface area contributed by atoms with Crippen molar-refractivity contribution in [2.45, 2.75) is 24.9 Å². The smallest absolute Gasteiger partial charge is 0.138 e. The average molecular weight is 426 g/mol. The summed E-state index contributed by atoms with van der Waals surface area (Å²) >= 11 is 0. The minimum absolute atomic E-state index is 0.186. The molecule has 1 saturated heterocycles. The summed E-state index contributed by atoms with van der Waals surface area (Å²) in [5.74, 6) is 2.00. The van der Waals surface area contributed by atoms with Crippen LogP contribution in [-0.4, -0.2) is 64.5 Å². The molecule has 0 radical (unpaired) electrons. The van der Waals surface area contributed by atoms with Gasteiger partial charge in [0.25, 0.3) is 0 Å². The monoisotopic (exact) mass is 425 g/mol. The van der Waals surface area contributed by atoms with Gasteiger partial charge in [0.05, 0.1) is 19.8 Å². The van der Waals surface area contributed by atoms with Crippen molar-refractivity contribution in [3.63, 3.8) is 0 Å². The molecule has 5 rings (SSSR count). The van der Waals surface area contributed by atoms with Crippen molar-refractivity contribution in [3.05, 3.63) is 48.0 Å². The van der Waals surface area contributed by atoms with Crippen LogP contribution in [0.2, 0.25) is 0 Å². The lowest BCUT2D eigenvalue weighted by Gasteiger charge is -2.20. The summed E-state index contributed by atoms with van der Waals surface area (Å²) in [6, 6.07) is 8.65. The van der Waals surface area contributed by atoms with E-state index >= 15 is 0 Å². The SMILES string of the molecule is COc1ccc(F)cc1-c1ccnc2[nH]c(C3C[C@@H]4CN(CC(O)CO)C[C@@H]4C3)cc12. The molecule has 164 valence electrons. The van der Waals surface area contributed by atoms with E-state index in [4.69, 9.17) is 9.84 Å². The number of hydrogen-bond acceptors (Lipinski definition) is 5. The van der Waals surface area contributed by atoms with Crippen molar-refractivity contribution in [2.75, 3.05) is 33.4 Å². The summed E-state index contributed by atoms with van der Waals surface area (Å²) in [5, 5.41) is 19.8. The molecule has 6 nitrogen and oxygen atoms in total. The first-order valence-corrected chi connectivity index (χ1v) is 10.9. The number of aliphatic hydroxyl groups excluding tert-OH is 2. The standard InChI is InChI=1S/C24H28FN3O3/c1-31-23-3-2-17(25)8-20(23)19-4-5-26-24-21(19)9-22(27-24)14-6-15-10-28(11-16(15)7-14)12-18(30)13-29/h2-5,8-9,14-16,18,29-30H,6-7,10-13H2,1H3,(H,26,27)/t14?,15-,16+,18?. The van der Waals surface area contributed by atoms with Gasteiger partial charge in [-0.3, -0.25) is 0 Å². The van der Waals surface area contributed by atoms with Crippen LogP contribution < -0.4 is 4.74 Å². The zero-order chi connectivity index (χ0) is 21.5. The molecule has 4 atom stereocenters. The highest BCUT2D eigenvalue weighted by atomic mass is 19.1. The lowest BCUT2D eigenvalue weighted by molar-refractivity contribution is 0.0637. The van der Waals surface area contributed by atoms with Gasteiger partial charge in [0.2, 0.25) is 0 Å². The minimum atomic E-state index is -0.660. The third kappa shape index (κ3) is 3.82. The Balaban J connectivity index is 1.39. The first kappa shape index (κ1) is 20.4. The van der Waals surface area contributed by atoms with E-state index in [9.17, 15) is 9.50 Å². The van der Waals surface area contributed by atoms with Crippen LogP contribution in [0, 0.1) is 17.7 Å². The molecule has 3 N–H and O–H groups in total. The Kier molecular flexibility index (Phi) is 5.42. The molecule has 1 aliphatic carbocycles. The number of β-amino-alcohol motifs (C(OH)–C–C–N with tert-alkyl or cyclic N) is 1. The number of aliphatic hydroxyl groups is 2. The highest BCUT2D eigenvalue weighted by molar-refractivity contribution is 5.95. The first-order valence-electron chi connectivity index (χ1n) is 10.9. The van der Waals surface area contributed by atoms with E-state index in [1.54, 1.807) is 19.4 Å². The Bertz CT molecular complexity index is 1070. The quantitative estimate of drug-likeness (QED) is 0.565. The average Bonchev–Trinajstić information content (AvgIpc) is 3.45. The van der Waals surface area contributed by atoms with Crippen molar-refractivity contribution in [1.82, 2.24) is 14.9 Å². The summed E-state index contributed by atoms with van der Waals surface area (Å²) in [6.07, 6.45) is 3.28. The molecule has 2 aliphatic rings. The molecule has 1 saturated carbocycles. The highest BCUT2D eigenvalue weighted by Gasteiger charge is 2.42. The van der Waals surface area contributed by atoms with E-state index in [2.05, 4.69) is 20.9 Å². The van der Waals surface area contributed by atoms with Crippen LogP contribution in [0.25, 0.3) is 22.2 Å². The number of ether oxygens (including phenoxy) is 1. The Morgan fingerprint density at radius 3 is 2.68 bits per heavy atom. The minimum Gasteiger partial charge on any atom is -0.496 e. The normalized spacial score (nSPS) is 24.6. The van der Waals surface area contributed by atoms with Crippen LogP contribution >= 0.6 is 0 Å². The van der Waals surface area contributed by atoms with E-state index in [-0.39, 0.29) is 12.4 Å². The largest absolute Gasteiger partial charge is 0.496 e. The van der Waals surface area contributed by atoms with Crippen molar-refractivity contribution >= 4 is 11.0 Å².